The van der Waals surface area contributed by atoms with Crippen molar-refractivity contribution < 1.29 is 28.0 Å². The van der Waals surface area contributed by atoms with Gasteiger partial charge in [0.15, 0.2) is 0 Å². The first-order valence-corrected chi connectivity index (χ1v) is 11.8. The predicted molar refractivity (Wildman–Crippen MR) is 134 cm³/mol. The highest BCUT2D eigenvalue weighted by Gasteiger charge is 2.23. The van der Waals surface area contributed by atoms with Crippen LogP contribution in [0.5, 0.6) is 0 Å². The zero-order valence-corrected chi connectivity index (χ0v) is 19.9. The number of sulfonamides is 1. The van der Waals surface area contributed by atoms with E-state index < -0.39 is 31.5 Å². The third kappa shape index (κ3) is 6.21. The summed E-state index contributed by atoms with van der Waals surface area (Å²) in [5.74, 6) is -1.58. The third-order valence-corrected chi connectivity index (χ3v) is 6.19. The molecule has 0 aliphatic heterocycles. The molecule has 13 heteroatoms. The highest BCUT2D eigenvalue weighted by molar-refractivity contribution is 7.92. The average Bonchev–Trinajstić information content (AvgIpc) is 2.82. The fourth-order valence-electron chi connectivity index (χ4n) is 3.12. The van der Waals surface area contributed by atoms with Crippen molar-refractivity contribution in [3.05, 3.63) is 88.0 Å². The molecule has 0 heterocycles. The Morgan fingerprint density at radius 3 is 2.36 bits per heavy atom. The molecule has 1 amide bonds. The van der Waals surface area contributed by atoms with Gasteiger partial charge in [0.05, 0.1) is 26.8 Å². The second kappa shape index (κ2) is 10.7. The number of amides is 1. The fraction of sp³-hybridized carbons (Fsp3) is 0.0870. The first kappa shape index (κ1) is 25.8. The molecule has 0 radical (unpaired) electrons. The van der Waals surface area contributed by atoms with Gasteiger partial charge in [-0.05, 0) is 48.9 Å². The zero-order valence-electron chi connectivity index (χ0n) is 19.1. The van der Waals surface area contributed by atoms with Crippen molar-refractivity contribution in [2.24, 2.45) is 5.10 Å². The van der Waals surface area contributed by atoms with Gasteiger partial charge in [-0.3, -0.25) is 25.1 Å². The summed E-state index contributed by atoms with van der Waals surface area (Å²) in [6.45, 7) is 3.02. The van der Waals surface area contributed by atoms with Crippen molar-refractivity contribution >= 4 is 50.4 Å². The molecule has 0 saturated heterocycles. The second-order valence-corrected chi connectivity index (χ2v) is 9.15. The van der Waals surface area contributed by atoms with Crippen LogP contribution in [0.15, 0.2) is 76.7 Å². The van der Waals surface area contributed by atoms with Crippen LogP contribution in [0.4, 0.5) is 22.7 Å². The van der Waals surface area contributed by atoms with Crippen molar-refractivity contribution in [2.45, 2.75) is 18.7 Å². The van der Waals surface area contributed by atoms with Crippen LogP contribution in [0.2, 0.25) is 0 Å². The lowest BCUT2D eigenvalue weighted by molar-refractivity contribution is -0.384. The van der Waals surface area contributed by atoms with Crippen LogP contribution in [0.25, 0.3) is 0 Å². The molecule has 0 atom stereocenters. The number of anilines is 3. The first-order chi connectivity index (χ1) is 17.0. The molecule has 36 heavy (non-hydrogen) atoms. The number of aromatic carboxylic acids is 1. The van der Waals surface area contributed by atoms with Gasteiger partial charge in [-0.2, -0.15) is 5.10 Å². The Labute approximate surface area is 205 Å². The Morgan fingerprint density at radius 1 is 0.972 bits per heavy atom. The molecule has 0 unspecified atom stereocenters. The Kier molecular flexibility index (Phi) is 7.64. The SMILES string of the molecule is CC(=O)Nc1cccc(/C(C)=N/Nc2ccc(S(=O)(=O)Nc3ccccc3C(=O)O)cc2[N+](=O)[O-])c1. The quantitative estimate of drug-likeness (QED) is 0.190. The molecule has 3 aromatic rings. The van der Waals surface area contributed by atoms with E-state index >= 15 is 0 Å². The smallest absolute Gasteiger partial charge is 0.337 e. The number of carbonyl (C=O) groups is 2. The minimum absolute atomic E-state index is 0.0674. The summed E-state index contributed by atoms with van der Waals surface area (Å²) in [4.78, 5) is 33.1. The number of nitro benzene ring substituents is 1. The van der Waals surface area contributed by atoms with Gasteiger partial charge in [0.2, 0.25) is 5.91 Å². The Morgan fingerprint density at radius 2 is 1.69 bits per heavy atom. The van der Waals surface area contributed by atoms with E-state index in [1.807, 2.05) is 0 Å². The Bertz CT molecular complexity index is 1490. The van der Waals surface area contributed by atoms with Crippen LogP contribution in [0.3, 0.4) is 0 Å². The maximum absolute atomic E-state index is 12.8. The standard InChI is InChI=1S/C23H21N5O7S/c1-14(16-6-5-7-17(12-16)24-15(2)29)25-26-21-11-10-18(13-22(21)28(32)33)36(34,35)27-20-9-4-3-8-19(20)23(30)31/h3-13,26-27H,1-2H3,(H,24,29)(H,30,31)/b25-14+. The summed E-state index contributed by atoms with van der Waals surface area (Å²) >= 11 is 0. The maximum Gasteiger partial charge on any atom is 0.337 e. The molecule has 0 aromatic heterocycles. The second-order valence-electron chi connectivity index (χ2n) is 7.46. The molecular formula is C23H21N5O7S. The molecule has 0 saturated carbocycles. The van der Waals surface area contributed by atoms with Crippen LogP contribution in [-0.2, 0) is 14.8 Å². The summed E-state index contributed by atoms with van der Waals surface area (Å²) in [7, 11) is -4.35. The number of carboxylic acid groups (broad SMARTS) is 1. The molecule has 0 bridgehead atoms. The number of hydrogen-bond acceptors (Lipinski definition) is 8. The summed E-state index contributed by atoms with van der Waals surface area (Å²) in [6.07, 6.45) is 0. The molecule has 0 aliphatic carbocycles. The normalized spacial score (nSPS) is 11.4. The van der Waals surface area contributed by atoms with Gasteiger partial charge in [0, 0.05) is 18.7 Å². The number of hydrazone groups is 1. The van der Waals surface area contributed by atoms with Crippen LogP contribution < -0.4 is 15.5 Å². The highest BCUT2D eigenvalue weighted by Crippen LogP contribution is 2.29. The van der Waals surface area contributed by atoms with E-state index in [1.54, 1.807) is 31.2 Å². The van der Waals surface area contributed by atoms with Crippen molar-refractivity contribution in [3.63, 3.8) is 0 Å². The van der Waals surface area contributed by atoms with Gasteiger partial charge >= 0.3 is 5.97 Å². The number of hydrogen-bond donors (Lipinski definition) is 4. The van der Waals surface area contributed by atoms with E-state index in [-0.39, 0.29) is 22.8 Å². The van der Waals surface area contributed by atoms with Gasteiger partial charge in [-0.1, -0.05) is 24.3 Å². The van der Waals surface area contributed by atoms with Crippen molar-refractivity contribution in [1.82, 2.24) is 0 Å². The van der Waals surface area contributed by atoms with E-state index in [2.05, 4.69) is 20.6 Å². The largest absolute Gasteiger partial charge is 0.478 e. The van der Waals surface area contributed by atoms with Crippen LogP contribution >= 0.6 is 0 Å². The predicted octanol–water partition coefficient (Wildman–Crippen LogP) is 3.89. The number of nitrogens with zero attached hydrogens (tertiary/aromatic N) is 2. The lowest BCUT2D eigenvalue weighted by Crippen LogP contribution is -2.16. The molecule has 0 spiro atoms. The van der Waals surface area contributed by atoms with E-state index in [0.29, 0.717) is 17.0 Å². The molecular weight excluding hydrogens is 490 g/mol. The minimum atomic E-state index is -4.35. The number of carbonyl (C=O) groups excluding carboxylic acids is 1. The minimum Gasteiger partial charge on any atom is -0.478 e. The van der Waals surface area contributed by atoms with Crippen molar-refractivity contribution in [3.8, 4) is 0 Å². The molecule has 3 rings (SSSR count). The first-order valence-electron chi connectivity index (χ1n) is 10.3. The molecule has 4 N–H and O–H groups in total. The van der Waals surface area contributed by atoms with E-state index in [0.717, 1.165) is 12.1 Å². The average molecular weight is 512 g/mol. The van der Waals surface area contributed by atoms with E-state index in [1.165, 1.54) is 37.3 Å². The summed E-state index contributed by atoms with van der Waals surface area (Å²) < 4.78 is 27.8. The molecule has 0 fully saturated rings. The van der Waals surface area contributed by atoms with E-state index in [9.17, 15) is 33.2 Å². The number of para-hydroxylation sites is 1. The zero-order chi connectivity index (χ0) is 26.5. The third-order valence-electron chi connectivity index (χ3n) is 4.82. The Hall–Kier alpha value is -4.78. The van der Waals surface area contributed by atoms with Gasteiger partial charge in [0.25, 0.3) is 15.7 Å². The van der Waals surface area contributed by atoms with Gasteiger partial charge in [-0.25, -0.2) is 13.2 Å². The number of rotatable bonds is 9. The van der Waals surface area contributed by atoms with Crippen LogP contribution in [-0.4, -0.2) is 36.0 Å². The van der Waals surface area contributed by atoms with Crippen molar-refractivity contribution in [2.75, 3.05) is 15.5 Å². The Balaban J connectivity index is 1.89. The lowest BCUT2D eigenvalue weighted by atomic mass is 10.1. The fourth-order valence-corrected chi connectivity index (χ4v) is 4.22. The molecule has 3 aromatic carbocycles. The number of carboxylic acids is 1. The van der Waals surface area contributed by atoms with E-state index in [4.69, 9.17) is 0 Å². The maximum atomic E-state index is 12.8. The number of nitro groups is 1. The lowest BCUT2D eigenvalue weighted by Gasteiger charge is -2.11. The van der Waals surface area contributed by atoms with Gasteiger partial charge in [-0.15, -0.1) is 0 Å². The van der Waals surface area contributed by atoms with Gasteiger partial charge < -0.3 is 10.4 Å². The summed E-state index contributed by atoms with van der Waals surface area (Å²) in [5, 5.41) is 27.7. The molecule has 12 nitrogen and oxygen atoms in total. The molecule has 186 valence electrons. The molecule has 0 aliphatic rings. The topological polar surface area (TPSA) is 180 Å². The van der Waals surface area contributed by atoms with Crippen LogP contribution in [0, 0.1) is 10.1 Å². The highest BCUT2D eigenvalue weighted by atomic mass is 32.2. The summed E-state index contributed by atoms with van der Waals surface area (Å²) in [5.41, 5.74) is 3.11. The number of benzene rings is 3. The van der Waals surface area contributed by atoms with Crippen molar-refractivity contribution in [1.29, 1.82) is 0 Å². The van der Waals surface area contributed by atoms with Gasteiger partial charge in [0.1, 0.15) is 5.69 Å². The summed E-state index contributed by atoms with van der Waals surface area (Å²) in [6, 6.07) is 15.3. The monoisotopic (exact) mass is 511 g/mol. The van der Waals surface area contributed by atoms with Crippen LogP contribution in [0.1, 0.15) is 29.8 Å². The number of nitrogens with one attached hydrogen (secondary N) is 3.